The third kappa shape index (κ3) is 5.80. The first-order chi connectivity index (χ1) is 20.6. The van der Waals surface area contributed by atoms with Crippen LogP contribution in [0.25, 0.3) is 0 Å². The van der Waals surface area contributed by atoms with Crippen LogP contribution in [0.15, 0.2) is 47.8 Å². The molecule has 2 atom stereocenters. The predicted molar refractivity (Wildman–Crippen MR) is 170 cm³/mol. The highest BCUT2D eigenvalue weighted by molar-refractivity contribution is 5.97. The van der Waals surface area contributed by atoms with Gasteiger partial charge >= 0.3 is 6.03 Å². The number of carbonyl (C=O) groups is 1. The van der Waals surface area contributed by atoms with Crippen molar-refractivity contribution in [3.63, 3.8) is 0 Å². The highest BCUT2D eigenvalue weighted by atomic mass is 16.6. The minimum atomic E-state index is -0.439. The van der Waals surface area contributed by atoms with Crippen molar-refractivity contribution in [3.8, 4) is 0 Å². The molecule has 9 nitrogen and oxygen atoms in total. The lowest BCUT2D eigenvalue weighted by Crippen LogP contribution is -2.57. The molecule has 5 fully saturated rings. The molecule has 3 heterocycles. The minimum Gasteiger partial charge on any atom is -0.390 e. The van der Waals surface area contributed by atoms with Crippen molar-refractivity contribution in [2.75, 3.05) is 47.4 Å². The first-order valence-corrected chi connectivity index (χ1v) is 16.2. The van der Waals surface area contributed by atoms with Crippen molar-refractivity contribution in [3.05, 3.63) is 42.6 Å². The van der Waals surface area contributed by atoms with E-state index in [1.54, 1.807) is 0 Å². The maximum Gasteiger partial charge on any atom is 0.322 e. The number of pyridine rings is 1. The van der Waals surface area contributed by atoms with Gasteiger partial charge < -0.3 is 25.1 Å². The number of anilines is 4. The molecule has 1 saturated heterocycles. The number of para-hydroxylation sites is 2. The number of fused-ring (bicyclic) bond motifs is 1. The Morgan fingerprint density at radius 2 is 1.74 bits per heavy atom. The molecule has 4 aliphatic carbocycles. The number of piperidine rings is 1. The summed E-state index contributed by atoms with van der Waals surface area (Å²) in [5.41, 5.74) is 3.44. The van der Waals surface area contributed by atoms with E-state index in [0.717, 1.165) is 73.8 Å². The van der Waals surface area contributed by atoms with E-state index in [-0.39, 0.29) is 11.6 Å². The van der Waals surface area contributed by atoms with E-state index in [0.29, 0.717) is 43.3 Å². The van der Waals surface area contributed by atoms with E-state index in [1.807, 2.05) is 50.1 Å². The summed E-state index contributed by atoms with van der Waals surface area (Å²) < 4.78 is 0. The van der Waals surface area contributed by atoms with Gasteiger partial charge in [-0.2, -0.15) is 0 Å². The van der Waals surface area contributed by atoms with Crippen LogP contribution in [-0.4, -0.2) is 65.8 Å². The van der Waals surface area contributed by atoms with E-state index >= 15 is 0 Å². The lowest BCUT2D eigenvalue weighted by Gasteiger charge is -2.58. The van der Waals surface area contributed by atoms with Gasteiger partial charge in [0.2, 0.25) is 0 Å². The molecular formula is C34H46N6O3. The number of amides is 2. The monoisotopic (exact) mass is 586 g/mol. The summed E-state index contributed by atoms with van der Waals surface area (Å²) in [6.45, 7) is 9.82. The summed E-state index contributed by atoms with van der Waals surface area (Å²) >= 11 is 0. The smallest absolute Gasteiger partial charge is 0.322 e. The molecule has 2 unspecified atom stereocenters. The van der Waals surface area contributed by atoms with E-state index in [2.05, 4.69) is 38.5 Å². The quantitative estimate of drug-likeness (QED) is 0.436. The predicted octanol–water partition coefficient (Wildman–Crippen LogP) is 5.71. The van der Waals surface area contributed by atoms with Crippen LogP contribution in [0.5, 0.6) is 0 Å². The maximum atomic E-state index is 13.5. The molecule has 6 aliphatic rings. The zero-order chi connectivity index (χ0) is 29.8. The Balaban J connectivity index is 0.985. The van der Waals surface area contributed by atoms with Crippen molar-refractivity contribution in [2.24, 2.45) is 28.8 Å². The lowest BCUT2D eigenvalue weighted by molar-refractivity contribution is -0.150. The van der Waals surface area contributed by atoms with Crippen LogP contribution in [-0.2, 0) is 4.84 Å². The number of rotatable bonds is 5. The number of nitrogens with one attached hydrogen (secondary N) is 1. The summed E-state index contributed by atoms with van der Waals surface area (Å²) in [6.07, 6.45) is 8.98. The van der Waals surface area contributed by atoms with Crippen molar-refractivity contribution >= 4 is 34.6 Å². The maximum absolute atomic E-state index is 13.5. The number of nitrogens with zero attached hydrogens (tertiary/aromatic N) is 5. The van der Waals surface area contributed by atoms with Crippen LogP contribution in [0.2, 0.25) is 0 Å². The third-order valence-corrected chi connectivity index (χ3v) is 10.3. The Morgan fingerprint density at radius 3 is 2.40 bits per heavy atom. The second-order valence-electron chi connectivity index (χ2n) is 14.6. The van der Waals surface area contributed by atoms with E-state index in [1.165, 1.54) is 12.8 Å². The second-order valence-corrected chi connectivity index (χ2v) is 14.6. The lowest BCUT2D eigenvalue weighted by atomic mass is 9.50. The average molecular weight is 587 g/mol. The molecule has 9 heteroatoms. The van der Waals surface area contributed by atoms with Crippen molar-refractivity contribution < 1.29 is 14.7 Å². The molecule has 0 spiro atoms. The standard InChI is InChI=1S/C34H46N6O3/c1-33(2,3)43-37-26-10-12-38(13-11-26)27-8-9-31(35-21-27)39-14-15-40(30-7-5-4-6-29(30)39)32(41)36-22-28-24-16-23-17-25(28)20-34(42,18-23)19-24/h4-9,21,23-25,28,42H,10-20,22H2,1-3H3,(H,36,41). The SMILES string of the molecule is CC(C)(C)ON=C1CCN(c2ccc(N3CCN(C(=O)NCC4C5CC6CC4CC(O)(C6)C5)c4ccccc43)nc2)CC1. The molecule has 4 bridgehead atoms. The van der Waals surface area contributed by atoms with Gasteiger partial charge in [-0.3, -0.25) is 4.90 Å². The Hall–Kier alpha value is -3.33. The van der Waals surface area contributed by atoms with Gasteiger partial charge in [0.25, 0.3) is 0 Å². The fourth-order valence-corrected chi connectivity index (χ4v) is 8.57. The van der Waals surface area contributed by atoms with E-state index in [4.69, 9.17) is 9.82 Å². The zero-order valence-corrected chi connectivity index (χ0v) is 25.8. The Labute approximate surface area is 255 Å². The molecule has 230 valence electrons. The molecule has 1 aromatic carbocycles. The normalized spacial score (nSPS) is 29.9. The Kier molecular flexibility index (Phi) is 7.27. The fraction of sp³-hybridized carbons (Fsp3) is 0.618. The largest absolute Gasteiger partial charge is 0.390 e. The van der Waals surface area contributed by atoms with Crippen molar-refractivity contribution in [1.82, 2.24) is 10.3 Å². The van der Waals surface area contributed by atoms with Crippen LogP contribution in [0.3, 0.4) is 0 Å². The number of carbonyl (C=O) groups excluding carboxylic acids is 1. The van der Waals surface area contributed by atoms with Gasteiger partial charge in [-0.15, -0.1) is 0 Å². The zero-order valence-electron chi connectivity index (χ0n) is 25.8. The van der Waals surface area contributed by atoms with E-state index < -0.39 is 5.60 Å². The Bertz CT molecular complexity index is 1340. The summed E-state index contributed by atoms with van der Waals surface area (Å²) in [5, 5.41) is 18.6. The summed E-state index contributed by atoms with van der Waals surface area (Å²) in [6, 6.07) is 12.4. The number of hydrogen-bond acceptors (Lipinski definition) is 7. The van der Waals surface area contributed by atoms with E-state index in [9.17, 15) is 9.90 Å². The molecule has 43 heavy (non-hydrogen) atoms. The van der Waals surface area contributed by atoms with Crippen LogP contribution < -0.4 is 20.0 Å². The van der Waals surface area contributed by atoms with Crippen molar-refractivity contribution in [1.29, 1.82) is 0 Å². The molecule has 2 aliphatic heterocycles. The van der Waals surface area contributed by atoms with Gasteiger partial charge in [0.05, 0.1) is 34.6 Å². The topological polar surface area (TPSA) is 93.5 Å². The first-order valence-electron chi connectivity index (χ1n) is 16.2. The second kappa shape index (κ2) is 11.0. The van der Waals surface area contributed by atoms with Gasteiger partial charge in [-0.05, 0) is 101 Å². The summed E-state index contributed by atoms with van der Waals surface area (Å²) in [4.78, 5) is 30.5. The molecule has 4 saturated carbocycles. The van der Waals surface area contributed by atoms with Crippen LogP contribution in [0, 0.1) is 23.7 Å². The number of hydrogen-bond donors (Lipinski definition) is 2. The molecule has 1 aromatic heterocycles. The summed E-state index contributed by atoms with van der Waals surface area (Å²) in [7, 11) is 0. The highest BCUT2D eigenvalue weighted by Crippen LogP contribution is 2.58. The third-order valence-electron chi connectivity index (χ3n) is 10.3. The molecule has 2 aromatic rings. The fourth-order valence-electron chi connectivity index (χ4n) is 8.57. The average Bonchev–Trinajstić information content (AvgIpc) is 2.98. The molecule has 8 rings (SSSR count). The van der Waals surface area contributed by atoms with Gasteiger partial charge in [0.15, 0.2) is 0 Å². The minimum absolute atomic E-state index is 0.0242. The number of oxime groups is 1. The van der Waals surface area contributed by atoms with Crippen LogP contribution >= 0.6 is 0 Å². The molecule has 2 amide bonds. The Morgan fingerprint density at radius 1 is 1.02 bits per heavy atom. The van der Waals surface area contributed by atoms with Crippen LogP contribution in [0.4, 0.5) is 27.7 Å². The summed E-state index contributed by atoms with van der Waals surface area (Å²) in [5.74, 6) is 3.13. The highest BCUT2D eigenvalue weighted by Gasteiger charge is 2.54. The number of aromatic nitrogens is 1. The molecule has 0 radical (unpaired) electrons. The van der Waals surface area contributed by atoms with Gasteiger partial charge in [-0.25, -0.2) is 9.78 Å². The molecule has 2 N–H and O–H groups in total. The number of urea groups is 1. The van der Waals surface area contributed by atoms with Crippen molar-refractivity contribution in [2.45, 2.75) is 76.9 Å². The van der Waals surface area contributed by atoms with Gasteiger partial charge in [0, 0.05) is 45.6 Å². The number of aliphatic hydroxyl groups is 1. The number of benzene rings is 1. The van der Waals surface area contributed by atoms with Gasteiger partial charge in [0.1, 0.15) is 11.4 Å². The van der Waals surface area contributed by atoms with Gasteiger partial charge in [-0.1, -0.05) is 17.3 Å². The van der Waals surface area contributed by atoms with Crippen LogP contribution in [0.1, 0.15) is 65.7 Å². The first kappa shape index (κ1) is 28.4. The molecular weight excluding hydrogens is 540 g/mol.